The molecule has 1 N–H and O–H groups in total. The van der Waals surface area contributed by atoms with Crippen LogP contribution >= 0.6 is 23.4 Å². The maximum atomic E-state index is 12.5. The zero-order chi connectivity index (χ0) is 19.3. The van der Waals surface area contributed by atoms with E-state index in [4.69, 9.17) is 17.0 Å². The fraction of sp³-hybridized carbons (Fsp3) is 0.150. The largest absolute Gasteiger partial charge is 0.318 e. The van der Waals surface area contributed by atoms with Crippen molar-refractivity contribution < 1.29 is 4.79 Å². The van der Waals surface area contributed by atoms with E-state index >= 15 is 0 Å². The van der Waals surface area contributed by atoms with Crippen LogP contribution in [0.25, 0.3) is 11.8 Å². The highest BCUT2D eigenvalue weighted by atomic mass is 35.5. The van der Waals surface area contributed by atoms with Gasteiger partial charge in [-0.1, -0.05) is 29.4 Å². The second-order valence-electron chi connectivity index (χ2n) is 6.46. The fourth-order valence-electron chi connectivity index (χ4n) is 3.34. The van der Waals surface area contributed by atoms with E-state index in [9.17, 15) is 4.79 Å². The summed E-state index contributed by atoms with van der Waals surface area (Å²) in [6.07, 6.45) is 1.75. The van der Waals surface area contributed by atoms with E-state index in [0.29, 0.717) is 15.8 Å². The van der Waals surface area contributed by atoms with Crippen molar-refractivity contribution in [2.24, 2.45) is 4.99 Å². The number of aryl methyl sites for hydroxylation is 1. The second kappa shape index (κ2) is 6.55. The van der Waals surface area contributed by atoms with E-state index in [1.807, 2.05) is 56.5 Å². The van der Waals surface area contributed by atoms with Crippen molar-refractivity contribution in [3.63, 3.8) is 0 Å². The number of allylic oxidation sites excluding steroid dienone is 1. The van der Waals surface area contributed by atoms with Crippen LogP contribution in [0.1, 0.15) is 23.9 Å². The summed E-state index contributed by atoms with van der Waals surface area (Å²) in [7, 11) is 0. The Kier molecular flexibility index (Phi) is 4.32. The van der Waals surface area contributed by atoms with Crippen LogP contribution in [0.2, 0.25) is 5.02 Å². The Morgan fingerprint density at radius 2 is 2.00 bits per heavy atom. The van der Waals surface area contributed by atoms with Crippen LogP contribution in [0.4, 0.5) is 0 Å². The molecule has 3 heterocycles. The Hall–Kier alpha value is -2.57. The number of hydrogen-bond donors (Lipinski definition) is 1. The molecule has 0 saturated heterocycles. The Bertz CT molecular complexity index is 1090. The zero-order valence-electron chi connectivity index (χ0n) is 15.1. The number of nitrogens with one attached hydrogen (secondary N) is 1. The van der Waals surface area contributed by atoms with Crippen LogP contribution in [-0.2, 0) is 4.79 Å². The summed E-state index contributed by atoms with van der Waals surface area (Å²) in [5.74, 6) is -0.217. The lowest BCUT2D eigenvalue weighted by molar-refractivity contribution is -0.114. The maximum absolute atomic E-state index is 12.5. The lowest BCUT2D eigenvalue weighted by atomic mass is 10.1. The van der Waals surface area contributed by atoms with Gasteiger partial charge in [0, 0.05) is 27.8 Å². The third-order valence-electron chi connectivity index (χ3n) is 4.62. The first-order chi connectivity index (χ1) is 12.9. The average Bonchev–Trinajstić information content (AvgIpc) is 3.11. The quantitative estimate of drug-likeness (QED) is 0.733. The third kappa shape index (κ3) is 2.95. The minimum absolute atomic E-state index is 0.163. The average molecular weight is 397 g/mol. The molecule has 2 aliphatic rings. The molecule has 0 atom stereocenters. The number of hydrogen-bond acceptors (Lipinski definition) is 3. The Morgan fingerprint density at radius 3 is 2.74 bits per heavy atom. The molecular weight excluding hydrogens is 380 g/mol. The molecule has 136 valence electrons. The highest BCUT2D eigenvalue weighted by Gasteiger charge is 2.34. The van der Waals surface area contributed by atoms with Gasteiger partial charge in [-0.05, 0) is 62.1 Å². The molecule has 1 aromatic heterocycles. The monoisotopic (exact) mass is 396 g/mol. The number of amides is 1. The fourth-order valence-corrected chi connectivity index (χ4v) is 4.39. The molecule has 0 radical (unpaired) electrons. The number of rotatable bonds is 2. The van der Waals surface area contributed by atoms with Crippen molar-refractivity contribution in [1.29, 1.82) is 5.41 Å². The Morgan fingerprint density at radius 1 is 1.22 bits per heavy atom. The van der Waals surface area contributed by atoms with Crippen LogP contribution in [0, 0.1) is 19.3 Å². The molecule has 1 amide bonds. The number of nitrogens with zero attached hydrogens (tertiary/aromatic N) is 3. The minimum Gasteiger partial charge on any atom is -0.318 e. The second-order valence-corrected chi connectivity index (χ2v) is 7.73. The molecule has 0 bridgehead atoms. The van der Waals surface area contributed by atoms with Crippen LogP contribution in [0.3, 0.4) is 0 Å². The predicted molar refractivity (Wildman–Crippen MR) is 112 cm³/mol. The van der Waals surface area contributed by atoms with E-state index in [1.165, 1.54) is 11.8 Å². The summed E-state index contributed by atoms with van der Waals surface area (Å²) in [6.45, 7) is 5.90. The SMILES string of the molecule is CC1=CSC2=NC(=O)/C(=C/c3cc(C)n(-c4cccc(Cl)c4)c3C)C(=N)N12. The first kappa shape index (κ1) is 17.8. The smallest absolute Gasteiger partial charge is 0.283 e. The minimum atomic E-state index is -0.380. The molecular formula is C20H17ClN4OS. The van der Waals surface area contributed by atoms with Gasteiger partial charge in [-0.3, -0.25) is 15.1 Å². The van der Waals surface area contributed by atoms with Crippen LogP contribution in [-0.4, -0.2) is 26.4 Å². The standard InChI is InChI=1S/C20H17ClN4OS/c1-11-7-14(13(3)24(11)16-6-4-5-15(21)9-16)8-17-18(22)25-12(2)10-27-20(25)23-19(17)26/h4-10,22H,1-3H3/b17-8+,22-18?. The number of fused-ring (bicyclic) bond motifs is 1. The van der Waals surface area contributed by atoms with Crippen molar-refractivity contribution in [2.45, 2.75) is 20.8 Å². The molecule has 2 aliphatic heterocycles. The van der Waals surface area contributed by atoms with Gasteiger partial charge < -0.3 is 4.57 Å². The number of carbonyl (C=O) groups excluding carboxylic acids is 1. The van der Waals surface area contributed by atoms with Gasteiger partial charge in [0.05, 0.1) is 5.57 Å². The van der Waals surface area contributed by atoms with Gasteiger partial charge in [0.2, 0.25) is 0 Å². The lowest BCUT2D eigenvalue weighted by Gasteiger charge is -2.25. The summed E-state index contributed by atoms with van der Waals surface area (Å²) in [5, 5.41) is 11.6. The number of aromatic nitrogens is 1. The van der Waals surface area contributed by atoms with Crippen molar-refractivity contribution >= 4 is 46.3 Å². The van der Waals surface area contributed by atoms with Gasteiger partial charge in [0.25, 0.3) is 5.91 Å². The summed E-state index contributed by atoms with van der Waals surface area (Å²) < 4.78 is 2.08. The molecule has 27 heavy (non-hydrogen) atoms. The molecule has 2 aromatic rings. The third-order valence-corrected chi connectivity index (χ3v) is 5.80. The number of benzene rings is 1. The summed E-state index contributed by atoms with van der Waals surface area (Å²) in [4.78, 5) is 18.3. The van der Waals surface area contributed by atoms with E-state index < -0.39 is 0 Å². The van der Waals surface area contributed by atoms with Crippen LogP contribution in [0.5, 0.6) is 0 Å². The molecule has 0 spiro atoms. The van der Waals surface area contributed by atoms with Gasteiger partial charge in [-0.15, -0.1) is 0 Å². The number of halogens is 1. The maximum Gasteiger partial charge on any atom is 0.283 e. The normalized spacial score (nSPS) is 18.1. The van der Waals surface area contributed by atoms with Crippen molar-refractivity contribution in [2.75, 3.05) is 0 Å². The molecule has 0 aliphatic carbocycles. The molecule has 4 rings (SSSR count). The number of thioether (sulfide) groups is 1. The first-order valence-corrected chi connectivity index (χ1v) is 9.64. The Labute approximate surface area is 166 Å². The topological polar surface area (TPSA) is 61.5 Å². The van der Waals surface area contributed by atoms with E-state index in [1.54, 1.807) is 11.0 Å². The first-order valence-electron chi connectivity index (χ1n) is 8.39. The van der Waals surface area contributed by atoms with Gasteiger partial charge in [0.15, 0.2) is 5.17 Å². The van der Waals surface area contributed by atoms with Gasteiger partial charge in [0.1, 0.15) is 5.84 Å². The molecule has 1 aromatic carbocycles. The van der Waals surface area contributed by atoms with Gasteiger partial charge in [-0.25, -0.2) is 0 Å². The Balaban J connectivity index is 1.79. The number of carbonyl (C=O) groups is 1. The summed E-state index contributed by atoms with van der Waals surface area (Å²) in [5.41, 5.74) is 5.02. The van der Waals surface area contributed by atoms with Gasteiger partial charge >= 0.3 is 0 Å². The molecule has 7 heteroatoms. The van der Waals surface area contributed by atoms with E-state index in [0.717, 1.165) is 28.3 Å². The van der Waals surface area contributed by atoms with Crippen molar-refractivity contribution in [1.82, 2.24) is 9.47 Å². The van der Waals surface area contributed by atoms with Gasteiger partial charge in [-0.2, -0.15) is 4.99 Å². The molecule has 0 saturated carbocycles. The highest BCUT2D eigenvalue weighted by Crippen LogP contribution is 2.32. The van der Waals surface area contributed by atoms with Crippen LogP contribution < -0.4 is 0 Å². The van der Waals surface area contributed by atoms with Crippen molar-refractivity contribution in [3.8, 4) is 5.69 Å². The molecule has 5 nitrogen and oxygen atoms in total. The number of amidine groups is 2. The highest BCUT2D eigenvalue weighted by molar-refractivity contribution is 8.16. The lowest BCUT2D eigenvalue weighted by Crippen LogP contribution is -2.37. The van der Waals surface area contributed by atoms with Crippen LogP contribution in [0.15, 0.2) is 52.0 Å². The number of aliphatic imine (C=N–C) groups is 1. The molecule has 0 unspecified atom stereocenters. The zero-order valence-corrected chi connectivity index (χ0v) is 16.6. The molecule has 0 fully saturated rings. The predicted octanol–water partition coefficient (Wildman–Crippen LogP) is 4.91. The van der Waals surface area contributed by atoms with E-state index in [2.05, 4.69) is 9.56 Å². The summed E-state index contributed by atoms with van der Waals surface area (Å²) in [6, 6.07) is 9.64. The van der Waals surface area contributed by atoms with Crippen molar-refractivity contribution in [3.05, 3.63) is 69.0 Å². The van der Waals surface area contributed by atoms with E-state index in [-0.39, 0.29) is 11.7 Å². The summed E-state index contributed by atoms with van der Waals surface area (Å²) >= 11 is 7.51.